The average Bonchev–Trinajstić information content (AvgIpc) is 2.49. The van der Waals surface area contributed by atoms with Gasteiger partial charge in [-0.1, -0.05) is 12.1 Å². The third-order valence-electron chi connectivity index (χ3n) is 3.76. The summed E-state index contributed by atoms with van der Waals surface area (Å²) < 4.78 is 0. The van der Waals surface area contributed by atoms with Gasteiger partial charge in [0.25, 0.3) is 0 Å². The molecule has 4 nitrogen and oxygen atoms in total. The Morgan fingerprint density at radius 3 is 2.85 bits per heavy atom. The summed E-state index contributed by atoms with van der Waals surface area (Å²) in [6.45, 7) is 0. The molecule has 0 saturated carbocycles. The van der Waals surface area contributed by atoms with Crippen LogP contribution < -0.4 is 5.43 Å². The molecule has 1 aliphatic carbocycles. The maximum Gasteiger partial charge on any atom is 0.211 e. The van der Waals surface area contributed by atoms with Crippen molar-refractivity contribution in [3.8, 4) is 0 Å². The van der Waals surface area contributed by atoms with Gasteiger partial charge in [-0.25, -0.2) is 0 Å². The number of H-pyrrole nitrogens is 1. The van der Waals surface area contributed by atoms with Gasteiger partial charge >= 0.3 is 0 Å². The molecule has 96 valence electrons. The monoisotopic (exact) mass is 262 g/mol. The summed E-state index contributed by atoms with van der Waals surface area (Å²) in [6.07, 6.45) is 3.68. The number of fused-ring (bicyclic) bond motifs is 3. The van der Waals surface area contributed by atoms with Crippen molar-refractivity contribution in [2.45, 2.75) is 6.42 Å². The van der Waals surface area contributed by atoms with Crippen LogP contribution in [0.1, 0.15) is 27.2 Å². The number of aromatic amines is 1. The molecule has 0 amide bonds. The summed E-state index contributed by atoms with van der Waals surface area (Å²) in [7, 11) is 0. The second kappa shape index (κ2) is 3.87. The molecule has 20 heavy (non-hydrogen) atoms. The van der Waals surface area contributed by atoms with Crippen molar-refractivity contribution in [2.24, 2.45) is 0 Å². The average molecular weight is 262 g/mol. The summed E-state index contributed by atoms with van der Waals surface area (Å²) in [5, 5.41) is 0.622. The maximum absolute atomic E-state index is 12.5. The summed E-state index contributed by atoms with van der Waals surface area (Å²) in [4.78, 5) is 32.1. The van der Waals surface area contributed by atoms with Gasteiger partial charge in [-0.2, -0.15) is 0 Å². The number of nitrogens with one attached hydrogen (secondary N) is 1. The fraction of sp³-hybridized carbons (Fsp3) is 0.0625. The zero-order chi connectivity index (χ0) is 13.7. The Morgan fingerprint density at radius 1 is 1.10 bits per heavy atom. The molecule has 0 unspecified atom stereocenters. The maximum atomic E-state index is 12.5. The number of rotatable bonds is 0. The van der Waals surface area contributed by atoms with E-state index in [9.17, 15) is 9.59 Å². The fourth-order valence-electron chi connectivity index (χ4n) is 2.75. The summed E-state index contributed by atoms with van der Waals surface area (Å²) in [6, 6.07) is 9.05. The van der Waals surface area contributed by atoms with E-state index in [-0.39, 0.29) is 11.2 Å². The number of benzene rings is 1. The number of carbonyl (C=O) groups is 1. The zero-order valence-electron chi connectivity index (χ0n) is 10.5. The molecule has 2 aromatic heterocycles. The van der Waals surface area contributed by atoms with Gasteiger partial charge in [-0.3, -0.25) is 14.6 Å². The molecule has 0 aliphatic heterocycles. The Kier molecular flexibility index (Phi) is 2.15. The van der Waals surface area contributed by atoms with Gasteiger partial charge in [0.2, 0.25) is 5.78 Å². The summed E-state index contributed by atoms with van der Waals surface area (Å²) in [5.41, 5.74) is 3.01. The number of hydrogen-bond donors (Lipinski definition) is 1. The lowest BCUT2D eigenvalue weighted by atomic mass is 9.88. The van der Waals surface area contributed by atoms with Gasteiger partial charge in [0, 0.05) is 40.8 Å². The quantitative estimate of drug-likeness (QED) is 0.527. The van der Waals surface area contributed by atoms with E-state index in [2.05, 4.69) is 9.97 Å². The molecular formula is C16H10N2O2. The van der Waals surface area contributed by atoms with Crippen LogP contribution in [0.3, 0.4) is 0 Å². The van der Waals surface area contributed by atoms with Crippen LogP contribution in [0.4, 0.5) is 0 Å². The van der Waals surface area contributed by atoms with Crippen molar-refractivity contribution >= 4 is 16.7 Å². The fourth-order valence-corrected chi connectivity index (χ4v) is 2.75. The molecule has 3 aromatic rings. The van der Waals surface area contributed by atoms with Crippen LogP contribution in [0, 0.1) is 0 Å². The molecular weight excluding hydrogens is 252 g/mol. The first-order chi connectivity index (χ1) is 9.75. The van der Waals surface area contributed by atoms with Crippen LogP contribution in [0.5, 0.6) is 0 Å². The van der Waals surface area contributed by atoms with Crippen molar-refractivity contribution in [1.82, 2.24) is 9.97 Å². The molecule has 0 spiro atoms. The van der Waals surface area contributed by atoms with Crippen molar-refractivity contribution < 1.29 is 4.79 Å². The summed E-state index contributed by atoms with van der Waals surface area (Å²) >= 11 is 0. The van der Waals surface area contributed by atoms with E-state index in [1.165, 1.54) is 0 Å². The summed E-state index contributed by atoms with van der Waals surface area (Å²) in [5.74, 6) is -0.155. The number of aromatic nitrogens is 2. The van der Waals surface area contributed by atoms with E-state index in [0.29, 0.717) is 34.1 Å². The number of para-hydroxylation sites is 1. The molecule has 0 atom stereocenters. The first-order valence-corrected chi connectivity index (χ1v) is 6.37. The first-order valence-electron chi connectivity index (χ1n) is 6.37. The van der Waals surface area contributed by atoms with Crippen molar-refractivity contribution in [1.29, 1.82) is 0 Å². The molecule has 2 heterocycles. The molecule has 1 aliphatic rings. The largest absolute Gasteiger partial charge is 0.351 e. The van der Waals surface area contributed by atoms with E-state index in [4.69, 9.17) is 0 Å². The van der Waals surface area contributed by atoms with Gasteiger partial charge in [0.15, 0.2) is 5.43 Å². The Labute approximate surface area is 114 Å². The highest BCUT2D eigenvalue weighted by atomic mass is 16.1. The van der Waals surface area contributed by atoms with E-state index in [0.717, 1.165) is 5.56 Å². The predicted octanol–water partition coefficient (Wildman–Crippen LogP) is 2.06. The highest BCUT2D eigenvalue weighted by Gasteiger charge is 2.26. The molecule has 4 rings (SSSR count). The third-order valence-corrected chi connectivity index (χ3v) is 3.76. The number of nitrogens with zero attached hydrogens (tertiary/aromatic N) is 1. The molecule has 1 aromatic carbocycles. The van der Waals surface area contributed by atoms with Crippen LogP contribution in [0.2, 0.25) is 0 Å². The minimum Gasteiger partial charge on any atom is -0.351 e. The Bertz CT molecular complexity index is 925. The minimum atomic E-state index is -0.155. The lowest BCUT2D eigenvalue weighted by Gasteiger charge is -2.17. The van der Waals surface area contributed by atoms with Gasteiger partial charge < -0.3 is 4.98 Å². The second-order valence-corrected chi connectivity index (χ2v) is 4.89. The SMILES string of the molecule is O=C1c2cnccc2Cc2c1[nH]c1ccccc1c2=O. The van der Waals surface area contributed by atoms with E-state index < -0.39 is 0 Å². The van der Waals surface area contributed by atoms with Crippen LogP contribution >= 0.6 is 0 Å². The van der Waals surface area contributed by atoms with Crippen LogP contribution in [-0.4, -0.2) is 15.8 Å². The molecule has 0 bridgehead atoms. The van der Waals surface area contributed by atoms with Gasteiger partial charge in [-0.05, 0) is 23.8 Å². The normalized spacial score (nSPS) is 13.1. The number of hydrogen-bond acceptors (Lipinski definition) is 3. The van der Waals surface area contributed by atoms with Crippen LogP contribution in [-0.2, 0) is 6.42 Å². The minimum absolute atomic E-state index is 0.0647. The number of pyridine rings is 2. The zero-order valence-corrected chi connectivity index (χ0v) is 10.5. The topological polar surface area (TPSA) is 62.8 Å². The van der Waals surface area contributed by atoms with Crippen molar-refractivity contribution in [3.05, 3.63) is 75.3 Å². The highest BCUT2D eigenvalue weighted by Crippen LogP contribution is 2.24. The highest BCUT2D eigenvalue weighted by molar-refractivity contribution is 6.11. The Morgan fingerprint density at radius 2 is 1.95 bits per heavy atom. The molecule has 0 fully saturated rings. The van der Waals surface area contributed by atoms with Crippen molar-refractivity contribution in [3.63, 3.8) is 0 Å². The lowest BCUT2D eigenvalue weighted by molar-refractivity contribution is 0.103. The second-order valence-electron chi connectivity index (χ2n) is 4.89. The number of carbonyl (C=O) groups excluding carboxylic acids is 1. The van der Waals surface area contributed by atoms with E-state index in [1.54, 1.807) is 24.5 Å². The van der Waals surface area contributed by atoms with E-state index in [1.807, 2.05) is 18.2 Å². The van der Waals surface area contributed by atoms with Gasteiger partial charge in [0.05, 0.1) is 5.69 Å². The smallest absolute Gasteiger partial charge is 0.211 e. The predicted molar refractivity (Wildman–Crippen MR) is 75.0 cm³/mol. The lowest BCUT2D eigenvalue weighted by Crippen LogP contribution is -2.24. The Balaban J connectivity index is 2.09. The molecule has 1 N–H and O–H groups in total. The molecule has 0 saturated heterocycles. The third kappa shape index (κ3) is 1.39. The first kappa shape index (κ1) is 11.1. The number of ketones is 1. The van der Waals surface area contributed by atoms with Gasteiger partial charge in [0.1, 0.15) is 0 Å². The standard InChI is InChI=1S/C16H10N2O2/c19-15-10-3-1-2-4-13(10)18-14-11(15)7-9-5-6-17-8-12(9)16(14)20/h1-6,8H,7H2,(H,18,19). The van der Waals surface area contributed by atoms with E-state index >= 15 is 0 Å². The Hall–Kier alpha value is -2.75. The van der Waals surface area contributed by atoms with Crippen molar-refractivity contribution in [2.75, 3.05) is 0 Å². The molecule has 0 radical (unpaired) electrons. The van der Waals surface area contributed by atoms with Crippen LogP contribution in [0.15, 0.2) is 47.5 Å². The molecule has 4 heteroatoms. The van der Waals surface area contributed by atoms with Crippen LogP contribution in [0.25, 0.3) is 10.9 Å². The van der Waals surface area contributed by atoms with Gasteiger partial charge in [-0.15, -0.1) is 0 Å².